The Morgan fingerprint density at radius 2 is 2.07 bits per heavy atom. The van der Waals surface area contributed by atoms with Crippen LogP contribution in [0.25, 0.3) is 0 Å². The van der Waals surface area contributed by atoms with E-state index in [1.165, 1.54) is 35.0 Å². The fourth-order valence-electron chi connectivity index (χ4n) is 1.71. The van der Waals surface area contributed by atoms with E-state index in [2.05, 4.69) is 60.2 Å². The highest BCUT2D eigenvalue weighted by atomic mass is 79.9. The van der Waals surface area contributed by atoms with Crippen molar-refractivity contribution < 1.29 is 0 Å². The van der Waals surface area contributed by atoms with Crippen molar-refractivity contribution in [3.05, 3.63) is 28.2 Å². The molecule has 0 aliphatic heterocycles. The quantitative estimate of drug-likeness (QED) is 0.814. The molecule has 0 aliphatic carbocycles. The summed E-state index contributed by atoms with van der Waals surface area (Å²) in [5.41, 5.74) is 2.50. The third-order valence-corrected chi connectivity index (χ3v) is 3.73. The van der Waals surface area contributed by atoms with Gasteiger partial charge in [0.05, 0.1) is 0 Å². The fourth-order valence-corrected chi connectivity index (χ4v) is 2.08. The van der Waals surface area contributed by atoms with Gasteiger partial charge in [-0.05, 0) is 47.3 Å². The zero-order valence-corrected chi connectivity index (χ0v) is 11.4. The summed E-state index contributed by atoms with van der Waals surface area (Å²) in [6.45, 7) is 6.59. The number of hydrogen-bond acceptors (Lipinski definition) is 1. The molecule has 0 bridgehead atoms. The zero-order chi connectivity index (χ0) is 11.3. The summed E-state index contributed by atoms with van der Waals surface area (Å²) in [5.74, 6) is 0. The number of nitrogens with one attached hydrogen (secondary N) is 1. The van der Waals surface area contributed by atoms with Crippen LogP contribution in [0.1, 0.15) is 38.7 Å². The molecule has 84 valence electrons. The van der Waals surface area contributed by atoms with Crippen LogP contribution < -0.4 is 5.32 Å². The van der Waals surface area contributed by atoms with Gasteiger partial charge in [0.25, 0.3) is 0 Å². The maximum absolute atomic E-state index is 3.63. The molecule has 1 aromatic carbocycles. The molecule has 1 aromatic rings. The molecule has 15 heavy (non-hydrogen) atoms. The van der Waals surface area contributed by atoms with Crippen LogP contribution >= 0.6 is 15.9 Å². The minimum atomic E-state index is 0.591. The first-order valence-corrected chi connectivity index (χ1v) is 6.50. The Morgan fingerprint density at radius 1 is 1.33 bits per heavy atom. The van der Waals surface area contributed by atoms with Crippen LogP contribution in [-0.2, 0) is 0 Å². The maximum atomic E-state index is 3.63. The summed E-state index contributed by atoms with van der Waals surface area (Å²) < 4.78 is 1.19. The lowest BCUT2D eigenvalue weighted by molar-refractivity contribution is 0.622. The lowest BCUT2D eigenvalue weighted by Gasteiger charge is -2.19. The Kier molecular flexibility index (Phi) is 5.16. The van der Waals surface area contributed by atoms with Gasteiger partial charge in [-0.15, -0.1) is 0 Å². The van der Waals surface area contributed by atoms with Gasteiger partial charge in [-0.1, -0.05) is 32.4 Å². The highest BCUT2D eigenvalue weighted by Gasteiger charge is 2.07. The molecule has 0 radical (unpaired) electrons. The van der Waals surface area contributed by atoms with E-state index in [0.717, 1.165) is 0 Å². The first kappa shape index (κ1) is 12.6. The Balaban J connectivity index is 2.74. The van der Waals surface area contributed by atoms with Crippen molar-refractivity contribution in [1.29, 1.82) is 0 Å². The standard InChI is InChI=1S/C13H20BrN/c1-4-7-11(5-2)15-12-9-6-8-10(3)13(12)14/h6,8-9,11,15H,4-5,7H2,1-3H3. The highest BCUT2D eigenvalue weighted by Crippen LogP contribution is 2.27. The summed E-state index contributed by atoms with van der Waals surface area (Å²) in [7, 11) is 0. The summed E-state index contributed by atoms with van der Waals surface area (Å²) in [6, 6.07) is 6.94. The second-order valence-corrected chi connectivity index (χ2v) is 4.77. The van der Waals surface area contributed by atoms with E-state index in [4.69, 9.17) is 0 Å². The first-order chi connectivity index (χ1) is 7.19. The molecule has 1 atom stereocenters. The van der Waals surface area contributed by atoms with Gasteiger partial charge in [-0.3, -0.25) is 0 Å². The van der Waals surface area contributed by atoms with E-state index in [1.807, 2.05) is 0 Å². The molecule has 0 amide bonds. The number of hydrogen-bond donors (Lipinski definition) is 1. The number of rotatable bonds is 5. The Morgan fingerprint density at radius 3 is 2.67 bits per heavy atom. The predicted octanol–water partition coefficient (Wildman–Crippen LogP) is 4.75. The monoisotopic (exact) mass is 269 g/mol. The second kappa shape index (κ2) is 6.16. The van der Waals surface area contributed by atoms with E-state index in [9.17, 15) is 0 Å². The normalized spacial score (nSPS) is 12.5. The van der Waals surface area contributed by atoms with E-state index < -0.39 is 0 Å². The number of benzene rings is 1. The molecule has 0 heterocycles. The van der Waals surface area contributed by atoms with E-state index >= 15 is 0 Å². The number of aryl methyl sites for hydroxylation is 1. The second-order valence-electron chi connectivity index (χ2n) is 3.97. The summed E-state index contributed by atoms with van der Waals surface area (Å²) in [6.07, 6.45) is 3.64. The molecule has 1 rings (SSSR count). The van der Waals surface area contributed by atoms with E-state index in [1.54, 1.807) is 0 Å². The van der Waals surface area contributed by atoms with Gasteiger partial charge in [0.15, 0.2) is 0 Å². The van der Waals surface area contributed by atoms with Gasteiger partial charge in [-0.2, -0.15) is 0 Å². The van der Waals surface area contributed by atoms with Crippen molar-refractivity contribution in [3.63, 3.8) is 0 Å². The van der Waals surface area contributed by atoms with Crippen LogP contribution in [0.3, 0.4) is 0 Å². The van der Waals surface area contributed by atoms with Gasteiger partial charge in [0.1, 0.15) is 0 Å². The summed E-state index contributed by atoms with van der Waals surface area (Å²) in [4.78, 5) is 0. The molecule has 1 nitrogen and oxygen atoms in total. The van der Waals surface area contributed by atoms with Gasteiger partial charge in [-0.25, -0.2) is 0 Å². The lowest BCUT2D eigenvalue weighted by Crippen LogP contribution is -2.18. The molecule has 1 N–H and O–H groups in total. The van der Waals surface area contributed by atoms with E-state index in [-0.39, 0.29) is 0 Å². The SMILES string of the molecule is CCCC(CC)Nc1cccc(C)c1Br. The summed E-state index contributed by atoms with van der Waals surface area (Å²) in [5, 5.41) is 3.59. The minimum absolute atomic E-state index is 0.591. The van der Waals surface area contributed by atoms with Crippen LogP contribution in [-0.4, -0.2) is 6.04 Å². The van der Waals surface area contributed by atoms with Crippen molar-refractivity contribution in [2.75, 3.05) is 5.32 Å². The average Bonchev–Trinajstić information content (AvgIpc) is 2.24. The Labute approximate surface area is 101 Å². The molecule has 0 saturated carbocycles. The molecule has 0 aromatic heterocycles. The van der Waals surface area contributed by atoms with E-state index in [0.29, 0.717) is 6.04 Å². The molecular weight excluding hydrogens is 250 g/mol. The zero-order valence-electron chi connectivity index (χ0n) is 9.81. The average molecular weight is 270 g/mol. The van der Waals surface area contributed by atoms with Crippen LogP contribution in [0.2, 0.25) is 0 Å². The molecular formula is C13H20BrN. The topological polar surface area (TPSA) is 12.0 Å². The molecule has 0 fully saturated rings. The predicted molar refractivity (Wildman–Crippen MR) is 71.5 cm³/mol. The molecule has 1 unspecified atom stereocenters. The summed E-state index contributed by atoms with van der Waals surface area (Å²) >= 11 is 3.63. The Bertz CT molecular complexity index is 309. The number of anilines is 1. The maximum Gasteiger partial charge on any atom is 0.0489 e. The number of halogens is 1. The van der Waals surface area contributed by atoms with Crippen molar-refractivity contribution in [2.45, 2.75) is 46.1 Å². The van der Waals surface area contributed by atoms with Gasteiger partial charge < -0.3 is 5.32 Å². The molecule has 0 spiro atoms. The van der Waals surface area contributed by atoms with Crippen LogP contribution in [0, 0.1) is 6.92 Å². The third-order valence-electron chi connectivity index (χ3n) is 2.68. The smallest absolute Gasteiger partial charge is 0.0489 e. The van der Waals surface area contributed by atoms with Crippen molar-refractivity contribution in [3.8, 4) is 0 Å². The van der Waals surface area contributed by atoms with Gasteiger partial charge >= 0.3 is 0 Å². The van der Waals surface area contributed by atoms with Gasteiger partial charge in [0, 0.05) is 16.2 Å². The lowest BCUT2D eigenvalue weighted by atomic mass is 10.1. The molecule has 0 saturated heterocycles. The largest absolute Gasteiger partial charge is 0.381 e. The molecule has 2 heteroatoms. The highest BCUT2D eigenvalue weighted by molar-refractivity contribution is 9.10. The van der Waals surface area contributed by atoms with Crippen molar-refractivity contribution in [1.82, 2.24) is 0 Å². The minimum Gasteiger partial charge on any atom is -0.381 e. The fraction of sp³-hybridized carbons (Fsp3) is 0.538. The van der Waals surface area contributed by atoms with Crippen LogP contribution in [0.5, 0.6) is 0 Å². The Hall–Kier alpha value is -0.500. The van der Waals surface area contributed by atoms with Crippen molar-refractivity contribution in [2.24, 2.45) is 0 Å². The van der Waals surface area contributed by atoms with Crippen molar-refractivity contribution >= 4 is 21.6 Å². The van der Waals surface area contributed by atoms with Gasteiger partial charge in [0.2, 0.25) is 0 Å². The van der Waals surface area contributed by atoms with Crippen LogP contribution in [0.15, 0.2) is 22.7 Å². The van der Waals surface area contributed by atoms with Crippen LogP contribution in [0.4, 0.5) is 5.69 Å². The molecule has 0 aliphatic rings. The first-order valence-electron chi connectivity index (χ1n) is 5.70. The third kappa shape index (κ3) is 3.53.